The van der Waals surface area contributed by atoms with Gasteiger partial charge >= 0.3 is 0 Å². The van der Waals surface area contributed by atoms with Gasteiger partial charge in [0, 0.05) is 25.9 Å². The van der Waals surface area contributed by atoms with E-state index in [1.807, 2.05) is 0 Å². The molecule has 1 unspecified atom stereocenters. The van der Waals surface area contributed by atoms with Crippen molar-refractivity contribution < 1.29 is 14.4 Å². The number of nitrogens with one attached hydrogen (secondary N) is 1. The van der Waals surface area contributed by atoms with Gasteiger partial charge in [0.2, 0.25) is 17.7 Å². The molecule has 0 aromatic rings. The van der Waals surface area contributed by atoms with E-state index in [-0.39, 0.29) is 42.4 Å². The molecule has 1 aliphatic heterocycles. The zero-order valence-electron chi connectivity index (χ0n) is 16.6. The maximum absolute atomic E-state index is 12.4. The maximum Gasteiger partial charge on any atom is 0.242 e. The number of hydrogen-bond acceptors (Lipinski definition) is 5. The van der Waals surface area contributed by atoms with Crippen LogP contribution in [0.25, 0.3) is 0 Å². The fourth-order valence-corrected chi connectivity index (χ4v) is 4.02. The zero-order valence-corrected chi connectivity index (χ0v) is 17.4. The van der Waals surface area contributed by atoms with Crippen LogP contribution in [-0.4, -0.2) is 72.3 Å². The fraction of sp³-hybridized carbons (Fsp3) is 0.842. The summed E-state index contributed by atoms with van der Waals surface area (Å²) in [6.07, 6.45) is 7.10. The minimum atomic E-state index is -0.257. The highest BCUT2D eigenvalue weighted by atomic mass is 32.2. The molecule has 0 aliphatic carbocycles. The van der Waals surface area contributed by atoms with Crippen LogP contribution >= 0.6 is 11.8 Å². The summed E-state index contributed by atoms with van der Waals surface area (Å²) in [6.45, 7) is 4.04. The molecule has 26 heavy (non-hydrogen) atoms. The quantitative estimate of drug-likeness (QED) is 0.367. The Morgan fingerprint density at radius 1 is 1.19 bits per heavy atom. The van der Waals surface area contributed by atoms with Crippen LogP contribution in [0, 0.1) is 0 Å². The molecule has 0 bridgehead atoms. The Balaban J connectivity index is 2.19. The van der Waals surface area contributed by atoms with Crippen molar-refractivity contribution in [2.24, 2.45) is 0 Å². The molecule has 1 rings (SSSR count). The molecule has 1 saturated heterocycles. The third kappa shape index (κ3) is 9.03. The third-order valence-electron chi connectivity index (χ3n) is 4.44. The van der Waals surface area contributed by atoms with Crippen molar-refractivity contribution in [2.45, 2.75) is 63.5 Å². The Morgan fingerprint density at radius 3 is 2.62 bits per heavy atom. The monoisotopic (exact) mass is 385 g/mol. The van der Waals surface area contributed by atoms with Crippen molar-refractivity contribution in [1.29, 1.82) is 0 Å². The number of rotatable bonds is 14. The van der Waals surface area contributed by atoms with E-state index in [2.05, 4.69) is 31.2 Å². The molecule has 0 spiro atoms. The summed E-state index contributed by atoms with van der Waals surface area (Å²) in [6, 6.07) is 0. The number of likely N-dealkylation sites (tertiary alicyclic amines) is 1. The SMILES string of the molecule is CCCCNC(=O)CCN1C(=O)CC(SCCCCCCN(C)C)C1=O. The van der Waals surface area contributed by atoms with Gasteiger partial charge in [-0.15, -0.1) is 11.8 Å². The van der Waals surface area contributed by atoms with Crippen molar-refractivity contribution in [2.75, 3.05) is 39.5 Å². The van der Waals surface area contributed by atoms with E-state index in [0.717, 1.165) is 38.0 Å². The number of amides is 3. The third-order valence-corrected chi connectivity index (χ3v) is 5.73. The summed E-state index contributed by atoms with van der Waals surface area (Å²) >= 11 is 1.59. The van der Waals surface area contributed by atoms with Crippen LogP contribution in [0.15, 0.2) is 0 Å². The second-order valence-electron chi connectivity index (χ2n) is 7.12. The number of imide groups is 1. The van der Waals surface area contributed by atoms with Crippen LogP contribution in [0.4, 0.5) is 0 Å². The highest BCUT2D eigenvalue weighted by Crippen LogP contribution is 2.26. The van der Waals surface area contributed by atoms with E-state index in [9.17, 15) is 14.4 Å². The summed E-state index contributed by atoms with van der Waals surface area (Å²) in [4.78, 5) is 39.6. The number of unbranched alkanes of at least 4 members (excludes halogenated alkanes) is 4. The van der Waals surface area contributed by atoms with Gasteiger partial charge in [-0.25, -0.2) is 0 Å². The van der Waals surface area contributed by atoms with Gasteiger partial charge in [0.05, 0.1) is 5.25 Å². The molecule has 7 heteroatoms. The first-order valence-electron chi connectivity index (χ1n) is 9.83. The molecule has 6 nitrogen and oxygen atoms in total. The number of hydrogen-bond donors (Lipinski definition) is 1. The van der Waals surface area contributed by atoms with Crippen molar-refractivity contribution in [1.82, 2.24) is 15.1 Å². The fourth-order valence-electron chi connectivity index (χ4n) is 2.83. The first-order chi connectivity index (χ1) is 12.5. The van der Waals surface area contributed by atoms with Gasteiger partial charge in [-0.1, -0.05) is 26.2 Å². The topological polar surface area (TPSA) is 69.7 Å². The highest BCUT2D eigenvalue weighted by Gasteiger charge is 2.38. The predicted octanol–water partition coefficient (Wildman–Crippen LogP) is 2.28. The summed E-state index contributed by atoms with van der Waals surface area (Å²) in [5, 5.41) is 2.56. The van der Waals surface area contributed by atoms with Crippen molar-refractivity contribution in [3.8, 4) is 0 Å². The summed E-state index contributed by atoms with van der Waals surface area (Å²) in [5.74, 6) is 0.568. The standard InChI is InChI=1S/C19H35N3O3S/c1-4-5-11-20-17(23)10-13-22-18(24)15-16(19(22)25)26-14-9-7-6-8-12-21(2)3/h16H,4-15H2,1-3H3,(H,20,23). The van der Waals surface area contributed by atoms with Gasteiger partial charge in [0.25, 0.3) is 0 Å². The Kier molecular flexibility index (Phi) is 11.6. The van der Waals surface area contributed by atoms with Crippen LogP contribution in [0.5, 0.6) is 0 Å². The number of carbonyl (C=O) groups excluding carboxylic acids is 3. The lowest BCUT2D eigenvalue weighted by molar-refractivity contribution is -0.138. The second-order valence-corrected chi connectivity index (χ2v) is 8.43. The lowest BCUT2D eigenvalue weighted by Gasteiger charge is -2.14. The molecule has 1 atom stereocenters. The van der Waals surface area contributed by atoms with Gasteiger partial charge in [-0.05, 0) is 45.7 Å². The molecular formula is C19H35N3O3S. The number of thioether (sulfide) groups is 1. The summed E-state index contributed by atoms with van der Waals surface area (Å²) < 4.78 is 0. The van der Waals surface area contributed by atoms with Gasteiger partial charge in [0.1, 0.15) is 0 Å². The summed E-state index contributed by atoms with van der Waals surface area (Å²) in [5.41, 5.74) is 0. The molecule has 0 radical (unpaired) electrons. The van der Waals surface area contributed by atoms with E-state index in [0.29, 0.717) is 6.54 Å². The minimum absolute atomic E-state index is 0.0899. The van der Waals surface area contributed by atoms with E-state index < -0.39 is 0 Å². The molecule has 1 heterocycles. The summed E-state index contributed by atoms with van der Waals surface area (Å²) in [7, 11) is 4.16. The van der Waals surface area contributed by atoms with Gasteiger partial charge in [-0.3, -0.25) is 19.3 Å². The Hall–Kier alpha value is -1.08. The van der Waals surface area contributed by atoms with Crippen LogP contribution in [-0.2, 0) is 14.4 Å². The minimum Gasteiger partial charge on any atom is -0.356 e. The van der Waals surface area contributed by atoms with Crippen LogP contribution < -0.4 is 5.32 Å². The van der Waals surface area contributed by atoms with E-state index >= 15 is 0 Å². The maximum atomic E-state index is 12.4. The van der Waals surface area contributed by atoms with Crippen LogP contribution in [0.3, 0.4) is 0 Å². The smallest absolute Gasteiger partial charge is 0.242 e. The first kappa shape index (κ1) is 23.0. The van der Waals surface area contributed by atoms with E-state index in [1.54, 1.807) is 11.8 Å². The first-order valence-corrected chi connectivity index (χ1v) is 10.9. The molecule has 1 aliphatic rings. The molecule has 0 saturated carbocycles. The van der Waals surface area contributed by atoms with Crippen molar-refractivity contribution in [3.05, 3.63) is 0 Å². The molecule has 150 valence electrons. The number of carbonyl (C=O) groups is 3. The molecule has 1 N–H and O–H groups in total. The molecule has 0 aromatic carbocycles. The van der Waals surface area contributed by atoms with Crippen LogP contribution in [0.1, 0.15) is 58.3 Å². The van der Waals surface area contributed by atoms with Crippen molar-refractivity contribution >= 4 is 29.5 Å². The van der Waals surface area contributed by atoms with Gasteiger partial charge in [-0.2, -0.15) is 0 Å². The van der Waals surface area contributed by atoms with E-state index in [4.69, 9.17) is 0 Å². The van der Waals surface area contributed by atoms with E-state index in [1.165, 1.54) is 17.7 Å². The Bertz CT molecular complexity index is 457. The molecule has 1 fully saturated rings. The zero-order chi connectivity index (χ0) is 19.4. The van der Waals surface area contributed by atoms with Gasteiger partial charge in [0.15, 0.2) is 0 Å². The molecular weight excluding hydrogens is 350 g/mol. The lowest BCUT2D eigenvalue weighted by Crippen LogP contribution is -2.35. The average Bonchev–Trinajstić information content (AvgIpc) is 2.86. The molecule has 0 aromatic heterocycles. The Labute approximate surface area is 162 Å². The molecule has 3 amide bonds. The number of nitrogens with zero attached hydrogens (tertiary/aromatic N) is 2. The highest BCUT2D eigenvalue weighted by molar-refractivity contribution is 8.00. The Morgan fingerprint density at radius 2 is 1.92 bits per heavy atom. The lowest BCUT2D eigenvalue weighted by atomic mass is 10.2. The van der Waals surface area contributed by atoms with Gasteiger partial charge < -0.3 is 10.2 Å². The normalized spacial score (nSPS) is 17.4. The van der Waals surface area contributed by atoms with Crippen molar-refractivity contribution in [3.63, 3.8) is 0 Å². The second kappa shape index (κ2) is 13.1. The van der Waals surface area contributed by atoms with Crippen LogP contribution in [0.2, 0.25) is 0 Å². The predicted molar refractivity (Wildman–Crippen MR) is 107 cm³/mol. The largest absolute Gasteiger partial charge is 0.356 e. The average molecular weight is 386 g/mol.